The molecule has 0 unspecified atom stereocenters. The molecular weight excluding hydrogens is 398 g/mol. The number of anilines is 2. The largest absolute Gasteiger partial charge is 0.367 e. The van der Waals surface area contributed by atoms with Gasteiger partial charge in [-0.3, -0.25) is 9.59 Å². The maximum Gasteiger partial charge on any atom is 0.255 e. The number of fused-ring (bicyclic) bond motifs is 1. The van der Waals surface area contributed by atoms with Gasteiger partial charge in [0.2, 0.25) is 0 Å². The molecule has 0 radical (unpaired) electrons. The van der Waals surface area contributed by atoms with Crippen molar-refractivity contribution in [3.05, 3.63) is 95.1 Å². The van der Waals surface area contributed by atoms with E-state index in [4.69, 9.17) is 0 Å². The van der Waals surface area contributed by atoms with Crippen LogP contribution in [0.1, 0.15) is 52.1 Å². The molecule has 0 fully saturated rings. The van der Waals surface area contributed by atoms with Crippen molar-refractivity contribution in [2.24, 2.45) is 0 Å². The van der Waals surface area contributed by atoms with E-state index in [1.54, 1.807) is 0 Å². The maximum absolute atomic E-state index is 12.7. The fraction of sp³-hybridized carbons (Fsp3) is 0.259. The van der Waals surface area contributed by atoms with E-state index < -0.39 is 0 Å². The fourth-order valence-electron chi connectivity index (χ4n) is 4.12. The summed E-state index contributed by atoms with van der Waals surface area (Å²) in [6, 6.07) is 23.3. The van der Waals surface area contributed by atoms with Crippen LogP contribution in [0.5, 0.6) is 0 Å². The van der Waals surface area contributed by atoms with Crippen LogP contribution in [0.4, 0.5) is 11.4 Å². The van der Waals surface area contributed by atoms with Crippen LogP contribution < -0.4 is 15.5 Å². The first-order chi connectivity index (χ1) is 15.5. The van der Waals surface area contributed by atoms with Crippen LogP contribution in [0, 0.1) is 0 Å². The number of hydrogen-bond acceptors (Lipinski definition) is 3. The minimum absolute atomic E-state index is 0.00696. The SMILES string of the molecule is CC(C)NC(=O)c1cccc2c1CCCN2Cc1ccc(C(=O)Nc2ccccc2)cc1. The summed E-state index contributed by atoms with van der Waals surface area (Å²) in [4.78, 5) is 27.5. The second-order valence-corrected chi connectivity index (χ2v) is 8.47. The van der Waals surface area contributed by atoms with Crippen LogP contribution in [0.25, 0.3) is 0 Å². The maximum atomic E-state index is 12.7. The molecule has 164 valence electrons. The van der Waals surface area contributed by atoms with Gasteiger partial charge in [-0.05, 0) is 74.2 Å². The van der Waals surface area contributed by atoms with Crippen molar-refractivity contribution in [1.82, 2.24) is 5.32 Å². The molecule has 5 nitrogen and oxygen atoms in total. The highest BCUT2D eigenvalue weighted by Gasteiger charge is 2.22. The van der Waals surface area contributed by atoms with Gasteiger partial charge in [0.1, 0.15) is 0 Å². The van der Waals surface area contributed by atoms with Gasteiger partial charge in [-0.2, -0.15) is 0 Å². The lowest BCUT2D eigenvalue weighted by molar-refractivity contribution is 0.0941. The zero-order valence-corrected chi connectivity index (χ0v) is 18.6. The molecule has 0 atom stereocenters. The zero-order chi connectivity index (χ0) is 22.5. The van der Waals surface area contributed by atoms with Crippen molar-refractivity contribution < 1.29 is 9.59 Å². The summed E-state index contributed by atoms with van der Waals surface area (Å²) < 4.78 is 0. The molecule has 0 aliphatic carbocycles. The van der Waals surface area contributed by atoms with E-state index in [0.717, 1.165) is 54.0 Å². The van der Waals surface area contributed by atoms with Crippen molar-refractivity contribution >= 4 is 23.2 Å². The number of nitrogens with one attached hydrogen (secondary N) is 2. The minimum atomic E-state index is -0.119. The van der Waals surface area contributed by atoms with Gasteiger partial charge in [0.05, 0.1) is 0 Å². The van der Waals surface area contributed by atoms with E-state index >= 15 is 0 Å². The number of nitrogens with zero attached hydrogens (tertiary/aromatic N) is 1. The predicted molar refractivity (Wildman–Crippen MR) is 129 cm³/mol. The monoisotopic (exact) mass is 427 g/mol. The highest BCUT2D eigenvalue weighted by molar-refractivity contribution is 6.04. The molecule has 0 spiro atoms. The Morgan fingerprint density at radius 2 is 1.66 bits per heavy atom. The molecule has 4 rings (SSSR count). The number of benzene rings is 3. The lowest BCUT2D eigenvalue weighted by atomic mass is 9.95. The summed E-state index contributed by atoms with van der Waals surface area (Å²) >= 11 is 0. The van der Waals surface area contributed by atoms with Crippen LogP contribution in [0.2, 0.25) is 0 Å². The van der Waals surface area contributed by atoms with Gasteiger partial charge in [-0.15, -0.1) is 0 Å². The second-order valence-electron chi connectivity index (χ2n) is 8.47. The van der Waals surface area contributed by atoms with Crippen molar-refractivity contribution in [3.63, 3.8) is 0 Å². The number of carbonyl (C=O) groups is 2. The third-order valence-electron chi connectivity index (χ3n) is 5.63. The molecule has 1 heterocycles. The molecule has 1 aliphatic rings. The first-order valence-corrected chi connectivity index (χ1v) is 11.1. The summed E-state index contributed by atoms with van der Waals surface area (Å²) in [5.41, 5.74) is 5.56. The Hall–Kier alpha value is -3.60. The average Bonchev–Trinajstić information content (AvgIpc) is 2.79. The minimum Gasteiger partial charge on any atom is -0.367 e. The van der Waals surface area contributed by atoms with Crippen LogP contribution in [0.3, 0.4) is 0 Å². The van der Waals surface area contributed by atoms with Gasteiger partial charge in [0.15, 0.2) is 0 Å². The average molecular weight is 428 g/mol. The molecule has 2 amide bonds. The van der Waals surface area contributed by atoms with E-state index in [1.165, 1.54) is 0 Å². The van der Waals surface area contributed by atoms with E-state index in [-0.39, 0.29) is 17.9 Å². The first kappa shape index (κ1) is 21.6. The molecule has 2 N–H and O–H groups in total. The summed E-state index contributed by atoms with van der Waals surface area (Å²) in [6.45, 7) is 5.63. The van der Waals surface area contributed by atoms with E-state index in [1.807, 2.05) is 80.6 Å². The first-order valence-electron chi connectivity index (χ1n) is 11.1. The predicted octanol–water partition coefficient (Wildman–Crippen LogP) is 5.03. The Morgan fingerprint density at radius 1 is 0.906 bits per heavy atom. The van der Waals surface area contributed by atoms with Crippen molar-refractivity contribution in [2.45, 2.75) is 39.3 Å². The second kappa shape index (κ2) is 9.69. The number of carbonyl (C=O) groups excluding carboxylic acids is 2. The third-order valence-corrected chi connectivity index (χ3v) is 5.63. The Balaban J connectivity index is 1.47. The highest BCUT2D eigenvalue weighted by atomic mass is 16.2. The smallest absolute Gasteiger partial charge is 0.255 e. The number of amides is 2. The summed E-state index contributed by atoms with van der Waals surface area (Å²) in [7, 11) is 0. The molecule has 0 saturated heterocycles. The summed E-state index contributed by atoms with van der Waals surface area (Å²) in [5, 5.41) is 5.93. The summed E-state index contributed by atoms with van der Waals surface area (Å²) in [6.07, 6.45) is 1.92. The number of rotatable bonds is 6. The zero-order valence-electron chi connectivity index (χ0n) is 18.6. The molecule has 1 aliphatic heterocycles. The van der Waals surface area contributed by atoms with E-state index in [0.29, 0.717) is 5.56 Å². The van der Waals surface area contributed by atoms with Gasteiger partial charge in [0.25, 0.3) is 11.8 Å². The Morgan fingerprint density at radius 3 is 2.38 bits per heavy atom. The molecule has 0 bridgehead atoms. The van der Waals surface area contributed by atoms with Crippen molar-refractivity contribution in [1.29, 1.82) is 0 Å². The number of hydrogen-bond donors (Lipinski definition) is 2. The Bertz CT molecular complexity index is 1090. The van der Waals surface area contributed by atoms with Crippen molar-refractivity contribution in [2.75, 3.05) is 16.8 Å². The molecule has 32 heavy (non-hydrogen) atoms. The quantitative estimate of drug-likeness (QED) is 0.580. The normalized spacial score (nSPS) is 12.9. The van der Waals surface area contributed by atoms with Crippen LogP contribution in [-0.4, -0.2) is 24.4 Å². The topological polar surface area (TPSA) is 61.4 Å². The number of para-hydroxylation sites is 1. The lowest BCUT2D eigenvalue weighted by Gasteiger charge is -2.32. The molecule has 0 aromatic heterocycles. The third kappa shape index (κ3) is 4.99. The molecular formula is C27H29N3O2. The summed E-state index contributed by atoms with van der Waals surface area (Å²) in [5.74, 6) is -0.126. The lowest BCUT2D eigenvalue weighted by Crippen LogP contribution is -2.33. The van der Waals surface area contributed by atoms with Crippen LogP contribution >= 0.6 is 0 Å². The highest BCUT2D eigenvalue weighted by Crippen LogP contribution is 2.31. The van der Waals surface area contributed by atoms with E-state index in [2.05, 4.69) is 21.6 Å². The standard InChI is InChI=1S/C27H29N3O2/c1-19(2)28-27(32)24-10-6-12-25-23(24)11-7-17-30(25)18-20-13-15-21(16-14-20)26(31)29-22-8-4-3-5-9-22/h3-6,8-10,12-16,19H,7,11,17-18H2,1-2H3,(H,28,32)(H,29,31). The molecule has 3 aromatic rings. The molecule has 0 saturated carbocycles. The Kier molecular flexibility index (Phi) is 6.55. The van der Waals surface area contributed by atoms with Gasteiger partial charge < -0.3 is 15.5 Å². The van der Waals surface area contributed by atoms with Gasteiger partial charge in [0, 0.05) is 41.6 Å². The van der Waals surface area contributed by atoms with Crippen LogP contribution in [-0.2, 0) is 13.0 Å². The fourth-order valence-corrected chi connectivity index (χ4v) is 4.12. The molecule has 5 heteroatoms. The van der Waals surface area contributed by atoms with Crippen molar-refractivity contribution in [3.8, 4) is 0 Å². The van der Waals surface area contributed by atoms with Gasteiger partial charge in [-0.1, -0.05) is 36.4 Å². The van der Waals surface area contributed by atoms with Gasteiger partial charge >= 0.3 is 0 Å². The molecule has 3 aromatic carbocycles. The van der Waals surface area contributed by atoms with E-state index in [9.17, 15) is 9.59 Å². The van der Waals surface area contributed by atoms with Crippen LogP contribution in [0.15, 0.2) is 72.8 Å². The Labute approximate surface area is 189 Å². The van der Waals surface area contributed by atoms with Gasteiger partial charge in [-0.25, -0.2) is 0 Å².